The van der Waals surface area contributed by atoms with Gasteiger partial charge in [-0.05, 0) is 89.2 Å². The van der Waals surface area contributed by atoms with Gasteiger partial charge in [0.2, 0.25) is 0 Å². The zero-order chi connectivity index (χ0) is 24.0. The molecule has 3 rings (SSSR count). The molecule has 0 aliphatic carbocycles. The van der Waals surface area contributed by atoms with Crippen LogP contribution in [-0.2, 0) is 9.47 Å². The van der Waals surface area contributed by atoms with Crippen LogP contribution in [0.1, 0.15) is 58.4 Å². The molecule has 33 heavy (non-hydrogen) atoms. The van der Waals surface area contributed by atoms with E-state index in [0.29, 0.717) is 23.8 Å². The van der Waals surface area contributed by atoms with Crippen LogP contribution in [0.3, 0.4) is 0 Å². The van der Waals surface area contributed by atoms with Gasteiger partial charge in [0.05, 0.1) is 37.2 Å². The van der Waals surface area contributed by atoms with Crippen molar-refractivity contribution in [3.63, 3.8) is 0 Å². The van der Waals surface area contributed by atoms with Crippen molar-refractivity contribution in [3.05, 3.63) is 23.8 Å². The number of nitrogens with zero attached hydrogens (tertiary/aromatic N) is 2. The van der Waals surface area contributed by atoms with Crippen LogP contribution in [0.2, 0.25) is 0 Å². The Hall–Kier alpha value is -2.32. The molecule has 1 aromatic carbocycles. The molecule has 1 saturated heterocycles. The summed E-state index contributed by atoms with van der Waals surface area (Å²) >= 11 is 0. The molecule has 2 atom stereocenters. The Morgan fingerprint density at radius 2 is 1.91 bits per heavy atom. The lowest BCUT2D eigenvalue weighted by atomic mass is 9.93. The predicted molar refractivity (Wildman–Crippen MR) is 131 cm³/mol. The lowest BCUT2D eigenvalue weighted by Gasteiger charge is -2.40. The third-order valence-corrected chi connectivity index (χ3v) is 6.61. The van der Waals surface area contributed by atoms with E-state index in [1.807, 2.05) is 32.9 Å². The van der Waals surface area contributed by atoms with Gasteiger partial charge in [-0.1, -0.05) is 13.0 Å². The van der Waals surface area contributed by atoms with Crippen LogP contribution >= 0.6 is 0 Å². The number of anilines is 2. The van der Waals surface area contributed by atoms with E-state index < -0.39 is 12.2 Å². The van der Waals surface area contributed by atoms with Crippen molar-refractivity contribution < 1.29 is 19.1 Å². The maximum atomic E-state index is 12.9. The Labute approximate surface area is 198 Å². The number of carbonyl (C=O) groups excluding carboxylic acids is 2. The van der Waals surface area contributed by atoms with E-state index in [1.165, 1.54) is 20.0 Å². The summed E-state index contributed by atoms with van der Waals surface area (Å²) in [5.41, 5.74) is 2.51. The molecule has 0 spiro atoms. The van der Waals surface area contributed by atoms with Gasteiger partial charge < -0.3 is 20.1 Å². The summed E-state index contributed by atoms with van der Waals surface area (Å²) in [5, 5.41) is 7.09. The molecule has 1 unspecified atom stereocenters. The molecule has 1 fully saturated rings. The number of fused-ring (bicyclic) bond motifs is 1. The Kier molecular flexibility index (Phi) is 8.97. The lowest BCUT2D eigenvalue weighted by Crippen LogP contribution is -2.52. The standard InChI is InChI=1S/C25H40N4O4/c1-6-20(15-27-14-19-9-11-26-12-10-19)21-7-8-22-23(13-21)28(24(30)33-17(2)3)16-18(4)29(22)25(31)32-5/h7-8,13,17-20,26-27H,6,9-12,14-16H2,1-5H3/t18-,20?/m0/s1. The Morgan fingerprint density at radius 1 is 1.18 bits per heavy atom. The molecule has 0 bridgehead atoms. The first kappa shape index (κ1) is 25.3. The second kappa shape index (κ2) is 11.7. The number of benzene rings is 1. The van der Waals surface area contributed by atoms with Gasteiger partial charge in [0.15, 0.2) is 0 Å². The second-order valence-electron chi connectivity index (χ2n) is 9.44. The SMILES string of the molecule is CCC(CNCC1CCNCC1)c1ccc2c(c1)N(C(=O)OC(C)C)C[C@H](C)N2C(=O)OC. The molecular formula is C25H40N4O4. The molecular weight excluding hydrogens is 420 g/mol. The largest absolute Gasteiger partial charge is 0.452 e. The summed E-state index contributed by atoms with van der Waals surface area (Å²) < 4.78 is 10.5. The van der Waals surface area contributed by atoms with Crippen molar-refractivity contribution in [1.29, 1.82) is 0 Å². The molecule has 2 N–H and O–H groups in total. The van der Waals surface area contributed by atoms with Crippen LogP contribution < -0.4 is 20.4 Å². The van der Waals surface area contributed by atoms with Crippen LogP contribution in [0.25, 0.3) is 0 Å². The van der Waals surface area contributed by atoms with E-state index in [-0.39, 0.29) is 12.1 Å². The maximum Gasteiger partial charge on any atom is 0.414 e. The van der Waals surface area contributed by atoms with Crippen LogP contribution in [0, 0.1) is 5.92 Å². The number of piperidine rings is 1. The van der Waals surface area contributed by atoms with Gasteiger partial charge in [0.25, 0.3) is 0 Å². The van der Waals surface area contributed by atoms with Gasteiger partial charge in [0, 0.05) is 6.54 Å². The van der Waals surface area contributed by atoms with Crippen LogP contribution in [-0.4, -0.2) is 64.2 Å². The summed E-state index contributed by atoms with van der Waals surface area (Å²) in [6.07, 6.45) is 2.38. The first-order valence-electron chi connectivity index (χ1n) is 12.3. The summed E-state index contributed by atoms with van der Waals surface area (Å²) in [7, 11) is 1.38. The quantitative estimate of drug-likeness (QED) is 0.638. The average molecular weight is 461 g/mol. The zero-order valence-corrected chi connectivity index (χ0v) is 20.7. The van der Waals surface area contributed by atoms with Gasteiger partial charge in [-0.25, -0.2) is 9.59 Å². The molecule has 2 aliphatic rings. The lowest BCUT2D eigenvalue weighted by molar-refractivity contribution is 0.121. The number of nitrogens with one attached hydrogen (secondary N) is 2. The number of amides is 2. The number of methoxy groups -OCH3 is 1. The van der Waals surface area contributed by atoms with Crippen LogP contribution in [0.15, 0.2) is 18.2 Å². The number of carbonyl (C=O) groups is 2. The molecule has 8 nitrogen and oxygen atoms in total. The highest BCUT2D eigenvalue weighted by Gasteiger charge is 2.37. The molecule has 0 aromatic heterocycles. The summed E-state index contributed by atoms with van der Waals surface area (Å²) in [6.45, 7) is 12.2. The third kappa shape index (κ3) is 6.18. The highest BCUT2D eigenvalue weighted by Crippen LogP contribution is 2.39. The molecule has 8 heteroatoms. The Morgan fingerprint density at radius 3 is 2.55 bits per heavy atom. The molecule has 1 aromatic rings. The normalized spacial score (nSPS) is 19.9. The van der Waals surface area contributed by atoms with E-state index in [1.54, 1.807) is 9.80 Å². The zero-order valence-electron chi connectivity index (χ0n) is 20.7. The van der Waals surface area contributed by atoms with Crippen molar-refractivity contribution in [2.24, 2.45) is 5.92 Å². The minimum Gasteiger partial charge on any atom is -0.452 e. The smallest absolute Gasteiger partial charge is 0.414 e. The van der Waals surface area contributed by atoms with E-state index in [4.69, 9.17) is 9.47 Å². The van der Waals surface area contributed by atoms with Crippen molar-refractivity contribution in [1.82, 2.24) is 10.6 Å². The molecule has 0 radical (unpaired) electrons. The van der Waals surface area contributed by atoms with Gasteiger partial charge in [0.1, 0.15) is 0 Å². The number of hydrogen-bond donors (Lipinski definition) is 2. The van der Waals surface area contributed by atoms with Gasteiger partial charge >= 0.3 is 12.2 Å². The topological polar surface area (TPSA) is 83.1 Å². The molecule has 2 aliphatic heterocycles. The van der Waals surface area contributed by atoms with Crippen LogP contribution in [0.4, 0.5) is 21.0 Å². The first-order valence-corrected chi connectivity index (χ1v) is 12.3. The van der Waals surface area contributed by atoms with Gasteiger partial charge in [-0.15, -0.1) is 0 Å². The minimum absolute atomic E-state index is 0.222. The van der Waals surface area contributed by atoms with Crippen molar-refractivity contribution in [3.8, 4) is 0 Å². The van der Waals surface area contributed by atoms with E-state index >= 15 is 0 Å². The fourth-order valence-electron chi connectivity index (χ4n) is 4.76. The fourth-order valence-corrected chi connectivity index (χ4v) is 4.76. The van der Waals surface area contributed by atoms with Gasteiger partial charge in [-0.2, -0.15) is 0 Å². The van der Waals surface area contributed by atoms with Crippen molar-refractivity contribution in [2.45, 2.75) is 65.0 Å². The maximum absolute atomic E-state index is 12.9. The van der Waals surface area contributed by atoms with Gasteiger partial charge in [-0.3, -0.25) is 9.80 Å². The highest BCUT2D eigenvalue weighted by atomic mass is 16.6. The van der Waals surface area contributed by atoms with E-state index in [9.17, 15) is 9.59 Å². The number of rotatable bonds is 7. The van der Waals surface area contributed by atoms with E-state index in [0.717, 1.165) is 44.1 Å². The third-order valence-electron chi connectivity index (χ3n) is 6.61. The predicted octanol–water partition coefficient (Wildman–Crippen LogP) is 4.10. The fraction of sp³-hybridized carbons (Fsp3) is 0.680. The molecule has 184 valence electrons. The average Bonchev–Trinajstić information content (AvgIpc) is 2.81. The summed E-state index contributed by atoms with van der Waals surface area (Å²) in [4.78, 5) is 28.7. The summed E-state index contributed by atoms with van der Waals surface area (Å²) in [5.74, 6) is 1.04. The Bertz CT molecular complexity index is 810. The Balaban J connectivity index is 1.83. The second-order valence-corrected chi connectivity index (χ2v) is 9.44. The van der Waals surface area contributed by atoms with Crippen LogP contribution in [0.5, 0.6) is 0 Å². The van der Waals surface area contributed by atoms with Crippen molar-refractivity contribution >= 4 is 23.6 Å². The molecule has 2 amide bonds. The first-order chi connectivity index (χ1) is 15.8. The number of ether oxygens (including phenoxy) is 2. The summed E-state index contributed by atoms with van der Waals surface area (Å²) in [6, 6.07) is 5.81. The minimum atomic E-state index is -0.427. The molecule has 2 heterocycles. The number of hydrogen-bond acceptors (Lipinski definition) is 6. The monoisotopic (exact) mass is 460 g/mol. The highest BCUT2D eigenvalue weighted by molar-refractivity contribution is 6.00. The van der Waals surface area contributed by atoms with E-state index in [2.05, 4.69) is 23.6 Å². The molecule has 0 saturated carbocycles. The van der Waals surface area contributed by atoms with Crippen molar-refractivity contribution in [2.75, 3.05) is 49.6 Å².